The highest BCUT2D eigenvalue weighted by atomic mass is 19.1. The van der Waals surface area contributed by atoms with Crippen molar-refractivity contribution < 1.29 is 37.7 Å². The fourth-order valence-electron chi connectivity index (χ4n) is 2.71. The molecule has 0 aliphatic carbocycles. The third kappa shape index (κ3) is 4.63. The van der Waals surface area contributed by atoms with Crippen molar-refractivity contribution >= 4 is 17.9 Å². The van der Waals surface area contributed by atoms with Crippen molar-refractivity contribution in [2.45, 2.75) is 44.9 Å². The maximum atomic E-state index is 15.9. The SMILES string of the molecule is CC(=O)OC[C@H]1O[C@H](n2ccc(=O)[nH]c2=O)[C@H](OC(C)=O)[C@]1(F)COC(C)=O. The Morgan fingerprint density at radius 3 is 2.36 bits per heavy atom. The smallest absolute Gasteiger partial charge is 0.330 e. The van der Waals surface area contributed by atoms with Gasteiger partial charge in [-0.15, -0.1) is 0 Å². The quantitative estimate of drug-likeness (QED) is 0.478. The summed E-state index contributed by atoms with van der Waals surface area (Å²) < 4.78 is 36.8. The molecule has 12 heteroatoms. The molecular formula is C16H19FN2O9. The molecule has 4 atom stereocenters. The van der Waals surface area contributed by atoms with Crippen LogP contribution in [0.5, 0.6) is 0 Å². The number of alkyl halides is 1. The van der Waals surface area contributed by atoms with Crippen LogP contribution in [0.1, 0.15) is 27.0 Å². The van der Waals surface area contributed by atoms with Crippen LogP contribution in [0.4, 0.5) is 4.39 Å². The molecule has 1 aliphatic heterocycles. The predicted octanol–water partition coefficient (Wildman–Crippen LogP) is -0.800. The average molecular weight is 402 g/mol. The number of nitrogens with one attached hydrogen (secondary N) is 1. The van der Waals surface area contributed by atoms with Gasteiger partial charge in [0.15, 0.2) is 12.3 Å². The molecule has 28 heavy (non-hydrogen) atoms. The van der Waals surface area contributed by atoms with E-state index in [1.165, 1.54) is 0 Å². The summed E-state index contributed by atoms with van der Waals surface area (Å²) in [6.07, 6.45) is -3.77. The number of carbonyl (C=O) groups is 3. The van der Waals surface area contributed by atoms with E-state index in [0.717, 1.165) is 37.6 Å². The molecule has 0 aromatic carbocycles. The van der Waals surface area contributed by atoms with E-state index in [4.69, 9.17) is 18.9 Å². The van der Waals surface area contributed by atoms with Gasteiger partial charge in [0.2, 0.25) is 5.67 Å². The molecule has 0 radical (unpaired) electrons. The van der Waals surface area contributed by atoms with Gasteiger partial charge in [-0.25, -0.2) is 9.18 Å². The van der Waals surface area contributed by atoms with Gasteiger partial charge in [-0.2, -0.15) is 0 Å². The summed E-state index contributed by atoms with van der Waals surface area (Å²) in [5.74, 6) is -2.43. The van der Waals surface area contributed by atoms with Crippen molar-refractivity contribution in [1.29, 1.82) is 0 Å². The minimum Gasteiger partial charge on any atom is -0.463 e. The summed E-state index contributed by atoms with van der Waals surface area (Å²) in [5.41, 5.74) is -4.30. The molecule has 1 aromatic rings. The first kappa shape index (κ1) is 21.3. The van der Waals surface area contributed by atoms with Gasteiger partial charge < -0.3 is 18.9 Å². The lowest BCUT2D eigenvalue weighted by molar-refractivity contribution is -0.166. The number of rotatable bonds is 6. The maximum Gasteiger partial charge on any atom is 0.330 e. The van der Waals surface area contributed by atoms with E-state index in [-0.39, 0.29) is 0 Å². The molecule has 1 fully saturated rings. The summed E-state index contributed by atoms with van der Waals surface area (Å²) in [4.78, 5) is 59.2. The van der Waals surface area contributed by atoms with E-state index >= 15 is 4.39 Å². The third-order valence-corrected chi connectivity index (χ3v) is 3.92. The number of hydrogen-bond acceptors (Lipinski definition) is 9. The van der Waals surface area contributed by atoms with Crippen LogP contribution in [0.25, 0.3) is 0 Å². The van der Waals surface area contributed by atoms with E-state index in [2.05, 4.69) is 0 Å². The third-order valence-electron chi connectivity index (χ3n) is 3.92. The Morgan fingerprint density at radius 1 is 1.18 bits per heavy atom. The van der Waals surface area contributed by atoms with Gasteiger partial charge in [0, 0.05) is 33.0 Å². The Morgan fingerprint density at radius 2 is 1.82 bits per heavy atom. The molecule has 2 heterocycles. The molecule has 1 aliphatic rings. The molecule has 0 spiro atoms. The molecule has 1 aromatic heterocycles. The number of aromatic amines is 1. The van der Waals surface area contributed by atoms with Crippen LogP contribution in [-0.4, -0.2) is 58.5 Å². The van der Waals surface area contributed by atoms with Crippen molar-refractivity contribution in [3.05, 3.63) is 33.1 Å². The highest BCUT2D eigenvalue weighted by Crippen LogP contribution is 2.42. The zero-order valence-corrected chi connectivity index (χ0v) is 15.3. The van der Waals surface area contributed by atoms with E-state index in [9.17, 15) is 24.0 Å². The minimum atomic E-state index is -2.65. The van der Waals surface area contributed by atoms with Crippen LogP contribution < -0.4 is 11.2 Å². The average Bonchev–Trinajstić information content (AvgIpc) is 2.84. The van der Waals surface area contributed by atoms with Gasteiger partial charge in [-0.3, -0.25) is 28.7 Å². The summed E-state index contributed by atoms with van der Waals surface area (Å²) in [5, 5.41) is 0. The number of esters is 3. The highest BCUT2D eigenvalue weighted by molar-refractivity contribution is 5.67. The minimum absolute atomic E-state index is 0.598. The van der Waals surface area contributed by atoms with E-state index in [0.29, 0.717) is 0 Å². The van der Waals surface area contributed by atoms with Gasteiger partial charge in [0.25, 0.3) is 5.56 Å². The lowest BCUT2D eigenvalue weighted by Gasteiger charge is -2.29. The van der Waals surface area contributed by atoms with Crippen LogP contribution >= 0.6 is 0 Å². The van der Waals surface area contributed by atoms with Crippen molar-refractivity contribution in [3.63, 3.8) is 0 Å². The topological polar surface area (TPSA) is 143 Å². The molecule has 0 amide bonds. The van der Waals surface area contributed by atoms with Crippen LogP contribution in [-0.2, 0) is 33.3 Å². The molecular weight excluding hydrogens is 383 g/mol. The number of nitrogens with zero attached hydrogens (tertiary/aromatic N) is 1. The molecule has 1 saturated heterocycles. The summed E-state index contributed by atoms with van der Waals surface area (Å²) >= 11 is 0. The van der Waals surface area contributed by atoms with Crippen LogP contribution in [0.3, 0.4) is 0 Å². The van der Waals surface area contributed by atoms with Gasteiger partial charge in [0.1, 0.15) is 19.3 Å². The first-order valence-corrected chi connectivity index (χ1v) is 8.14. The zero-order chi connectivity index (χ0) is 21.1. The molecule has 0 saturated carbocycles. The zero-order valence-electron chi connectivity index (χ0n) is 15.3. The number of ether oxygens (including phenoxy) is 4. The Hall–Kier alpha value is -3.02. The first-order chi connectivity index (χ1) is 13.0. The molecule has 11 nitrogen and oxygen atoms in total. The molecule has 0 bridgehead atoms. The molecule has 1 N–H and O–H groups in total. The fraction of sp³-hybridized carbons (Fsp3) is 0.562. The number of hydrogen-bond donors (Lipinski definition) is 1. The second-order valence-corrected chi connectivity index (χ2v) is 6.07. The summed E-state index contributed by atoms with van der Waals surface area (Å²) in [7, 11) is 0. The number of aromatic nitrogens is 2. The second kappa shape index (κ2) is 8.33. The van der Waals surface area contributed by atoms with E-state index in [1.54, 1.807) is 0 Å². The van der Waals surface area contributed by atoms with Gasteiger partial charge in [0.05, 0.1) is 0 Å². The maximum absolute atomic E-state index is 15.9. The monoisotopic (exact) mass is 402 g/mol. The van der Waals surface area contributed by atoms with Gasteiger partial charge in [-0.05, 0) is 0 Å². The lowest BCUT2D eigenvalue weighted by atomic mass is 9.95. The first-order valence-electron chi connectivity index (χ1n) is 8.14. The van der Waals surface area contributed by atoms with E-state index in [1.807, 2.05) is 4.98 Å². The Labute approximate surface area is 157 Å². The van der Waals surface area contributed by atoms with E-state index < -0.39 is 66.5 Å². The van der Waals surface area contributed by atoms with Crippen LogP contribution in [0, 0.1) is 0 Å². The Kier molecular flexibility index (Phi) is 6.33. The van der Waals surface area contributed by atoms with Crippen molar-refractivity contribution in [1.82, 2.24) is 9.55 Å². The van der Waals surface area contributed by atoms with Gasteiger partial charge in [-0.1, -0.05) is 0 Å². The van der Waals surface area contributed by atoms with Crippen molar-refractivity contribution in [2.75, 3.05) is 13.2 Å². The summed E-state index contributed by atoms with van der Waals surface area (Å²) in [6.45, 7) is 1.66. The molecule has 0 unspecified atom stereocenters. The van der Waals surface area contributed by atoms with Crippen molar-refractivity contribution in [3.8, 4) is 0 Å². The highest BCUT2D eigenvalue weighted by Gasteiger charge is 2.62. The Balaban J connectivity index is 2.49. The standard InChI is InChI=1S/C16H19FN2O9/c1-8(20)25-6-11-16(17,7-26-9(2)21)13(27-10(3)22)14(28-11)19-5-4-12(23)18-15(19)24/h4-5,11,13-14H,6-7H2,1-3H3,(H,18,23,24)/t11-,13+,14+,16+/m1/s1. The second-order valence-electron chi connectivity index (χ2n) is 6.07. The Bertz CT molecular complexity index is 879. The molecule has 154 valence electrons. The van der Waals surface area contributed by atoms with Gasteiger partial charge >= 0.3 is 23.6 Å². The molecule has 2 rings (SSSR count). The predicted molar refractivity (Wildman–Crippen MR) is 87.9 cm³/mol. The number of carbonyl (C=O) groups excluding carboxylic acids is 3. The number of halogens is 1. The van der Waals surface area contributed by atoms with Crippen LogP contribution in [0.2, 0.25) is 0 Å². The van der Waals surface area contributed by atoms with Crippen molar-refractivity contribution in [2.24, 2.45) is 0 Å². The number of H-pyrrole nitrogens is 1. The lowest BCUT2D eigenvalue weighted by Crippen LogP contribution is -2.51. The fourth-order valence-corrected chi connectivity index (χ4v) is 2.71. The van der Waals surface area contributed by atoms with Crippen LogP contribution in [0.15, 0.2) is 21.9 Å². The normalized spacial score (nSPS) is 26.5. The summed E-state index contributed by atoms with van der Waals surface area (Å²) in [6, 6.07) is 0.987. The largest absolute Gasteiger partial charge is 0.463 e.